The van der Waals surface area contributed by atoms with Gasteiger partial charge in [-0.3, -0.25) is 4.79 Å². The maximum absolute atomic E-state index is 12.6. The molecule has 0 saturated carbocycles. The topological polar surface area (TPSA) is 29.5 Å². The highest BCUT2D eigenvalue weighted by atomic mass is 79.9. The van der Waals surface area contributed by atoms with Gasteiger partial charge in [-0.05, 0) is 50.8 Å². The lowest BCUT2D eigenvalue weighted by molar-refractivity contribution is 0.0594. The van der Waals surface area contributed by atoms with Crippen molar-refractivity contribution >= 4 is 49.1 Å². The van der Waals surface area contributed by atoms with Crippen molar-refractivity contribution in [2.24, 2.45) is 0 Å². The average molecular weight is 413 g/mol. The summed E-state index contributed by atoms with van der Waals surface area (Å²) in [6.45, 7) is 5.42. The number of thiophene rings is 1. The van der Waals surface area contributed by atoms with Gasteiger partial charge in [0.1, 0.15) is 0 Å². The zero-order valence-corrected chi connectivity index (χ0v) is 15.4. The summed E-state index contributed by atoms with van der Waals surface area (Å²) in [4.78, 5) is 15.3. The van der Waals surface area contributed by atoms with E-state index in [1.807, 2.05) is 11.0 Å². The number of ether oxygens (including phenoxy) is 1. The summed E-state index contributed by atoms with van der Waals surface area (Å²) in [5.74, 6) is 0.0853. The minimum absolute atomic E-state index is 0.0853. The highest BCUT2D eigenvalue weighted by Gasteiger charge is 2.24. The Hall–Kier alpha value is 0.0900. The minimum atomic E-state index is 0.0853. The summed E-state index contributed by atoms with van der Waals surface area (Å²) in [6, 6.07) is 2.14. The lowest BCUT2D eigenvalue weighted by Crippen LogP contribution is -2.41. The highest BCUT2D eigenvalue weighted by Crippen LogP contribution is 2.33. The zero-order valence-electron chi connectivity index (χ0n) is 11.4. The molecule has 1 aromatic heterocycles. The van der Waals surface area contributed by atoms with Crippen LogP contribution in [-0.4, -0.2) is 37.1 Å². The van der Waals surface area contributed by atoms with Crippen LogP contribution < -0.4 is 0 Å². The Bertz CT molecular complexity index is 399. The zero-order chi connectivity index (χ0) is 14.4. The molecule has 0 bridgehead atoms. The summed E-state index contributed by atoms with van der Waals surface area (Å²) in [7, 11) is 1.66. The van der Waals surface area contributed by atoms with E-state index in [0.29, 0.717) is 13.2 Å². The Labute approximate surface area is 135 Å². The van der Waals surface area contributed by atoms with Crippen molar-refractivity contribution in [2.75, 3.05) is 20.3 Å². The lowest BCUT2D eigenvalue weighted by atomic mass is 10.1. The molecule has 108 valence electrons. The normalized spacial score (nSPS) is 11.1. The second kappa shape index (κ2) is 8.39. The third-order valence-corrected chi connectivity index (χ3v) is 6.28. The van der Waals surface area contributed by atoms with Crippen molar-refractivity contribution in [1.29, 1.82) is 0 Å². The molecular formula is C13H19Br2NO2S. The molecule has 6 heteroatoms. The van der Waals surface area contributed by atoms with Crippen LogP contribution >= 0.6 is 43.2 Å². The van der Waals surface area contributed by atoms with Gasteiger partial charge in [-0.2, -0.15) is 0 Å². The van der Waals surface area contributed by atoms with Crippen molar-refractivity contribution in [2.45, 2.75) is 32.7 Å². The van der Waals surface area contributed by atoms with Crippen molar-refractivity contribution in [3.63, 3.8) is 0 Å². The summed E-state index contributed by atoms with van der Waals surface area (Å²) < 4.78 is 7.00. The molecule has 0 unspecified atom stereocenters. The molecule has 1 rings (SSSR count). The summed E-state index contributed by atoms with van der Waals surface area (Å²) >= 11 is 8.32. The van der Waals surface area contributed by atoms with E-state index >= 15 is 0 Å². The molecule has 1 heterocycles. The Morgan fingerprint density at radius 3 is 2.47 bits per heavy atom. The van der Waals surface area contributed by atoms with E-state index in [9.17, 15) is 4.79 Å². The second-order valence-electron chi connectivity index (χ2n) is 4.19. The number of carbonyl (C=O) groups is 1. The molecule has 0 saturated heterocycles. The van der Waals surface area contributed by atoms with Crippen LogP contribution in [0.2, 0.25) is 0 Å². The number of rotatable bonds is 7. The van der Waals surface area contributed by atoms with E-state index in [4.69, 9.17) is 4.74 Å². The molecule has 3 nitrogen and oxygen atoms in total. The van der Waals surface area contributed by atoms with Crippen molar-refractivity contribution < 1.29 is 9.53 Å². The third kappa shape index (κ3) is 4.55. The van der Waals surface area contributed by atoms with Crippen LogP contribution in [-0.2, 0) is 4.74 Å². The fourth-order valence-electron chi connectivity index (χ4n) is 1.96. The van der Waals surface area contributed by atoms with Crippen LogP contribution in [0.25, 0.3) is 0 Å². The predicted molar refractivity (Wildman–Crippen MR) is 87.0 cm³/mol. The monoisotopic (exact) mass is 411 g/mol. The van der Waals surface area contributed by atoms with Gasteiger partial charge in [-0.15, -0.1) is 11.3 Å². The summed E-state index contributed by atoms with van der Waals surface area (Å²) in [5.41, 5.74) is 0. The highest BCUT2D eigenvalue weighted by molar-refractivity contribution is 9.13. The Balaban J connectivity index is 2.92. The van der Waals surface area contributed by atoms with Crippen LogP contribution in [0.1, 0.15) is 36.4 Å². The van der Waals surface area contributed by atoms with Gasteiger partial charge < -0.3 is 9.64 Å². The maximum Gasteiger partial charge on any atom is 0.264 e. The second-order valence-corrected chi connectivity index (χ2v) is 7.42. The van der Waals surface area contributed by atoms with Gasteiger partial charge in [-0.1, -0.05) is 13.8 Å². The van der Waals surface area contributed by atoms with E-state index in [1.54, 1.807) is 7.11 Å². The van der Waals surface area contributed by atoms with Crippen LogP contribution in [0.5, 0.6) is 0 Å². The van der Waals surface area contributed by atoms with E-state index in [2.05, 4.69) is 45.7 Å². The van der Waals surface area contributed by atoms with E-state index < -0.39 is 0 Å². The number of carbonyl (C=O) groups excluding carboxylic acids is 1. The van der Waals surface area contributed by atoms with Gasteiger partial charge in [-0.25, -0.2) is 0 Å². The first-order valence-corrected chi connectivity index (χ1v) is 8.70. The molecular weight excluding hydrogens is 394 g/mol. The largest absolute Gasteiger partial charge is 0.383 e. The van der Waals surface area contributed by atoms with Gasteiger partial charge in [0.2, 0.25) is 0 Å². The molecule has 0 radical (unpaired) electrons. The van der Waals surface area contributed by atoms with Gasteiger partial charge in [0.15, 0.2) is 0 Å². The molecule has 19 heavy (non-hydrogen) atoms. The van der Waals surface area contributed by atoms with Gasteiger partial charge in [0, 0.05) is 24.2 Å². The van der Waals surface area contributed by atoms with Gasteiger partial charge in [0.05, 0.1) is 15.3 Å². The molecule has 1 aromatic rings. The van der Waals surface area contributed by atoms with Crippen molar-refractivity contribution in [3.8, 4) is 0 Å². The smallest absolute Gasteiger partial charge is 0.264 e. The van der Waals surface area contributed by atoms with Crippen molar-refractivity contribution in [1.82, 2.24) is 4.90 Å². The fraction of sp³-hybridized carbons (Fsp3) is 0.615. The first kappa shape index (κ1) is 17.1. The molecule has 0 aromatic carbocycles. The molecule has 0 aliphatic rings. The van der Waals surface area contributed by atoms with Gasteiger partial charge >= 0.3 is 0 Å². The number of methoxy groups -OCH3 is 1. The summed E-state index contributed by atoms with van der Waals surface area (Å²) in [6.07, 6.45) is 1.92. The number of halogens is 2. The van der Waals surface area contributed by atoms with Crippen LogP contribution in [0.4, 0.5) is 0 Å². The minimum Gasteiger partial charge on any atom is -0.383 e. The molecule has 0 fully saturated rings. The summed E-state index contributed by atoms with van der Waals surface area (Å²) in [5, 5.41) is 0. The number of hydrogen-bond acceptors (Lipinski definition) is 3. The van der Waals surface area contributed by atoms with E-state index in [-0.39, 0.29) is 11.9 Å². The average Bonchev–Trinajstić information content (AvgIpc) is 2.74. The number of amides is 1. The van der Waals surface area contributed by atoms with E-state index in [1.165, 1.54) is 11.3 Å². The van der Waals surface area contributed by atoms with Gasteiger partial charge in [0.25, 0.3) is 5.91 Å². The standard InChI is InChI=1S/C13H19Br2NO2S/c1-4-9(5-2)16(6-7-18-3)13(17)11-8-10(14)12(15)19-11/h8-9H,4-7H2,1-3H3. The third-order valence-electron chi connectivity index (χ3n) is 3.04. The number of nitrogens with zero attached hydrogens (tertiary/aromatic N) is 1. The van der Waals surface area contributed by atoms with Crippen LogP contribution in [0.15, 0.2) is 14.3 Å². The number of hydrogen-bond donors (Lipinski definition) is 0. The van der Waals surface area contributed by atoms with Crippen LogP contribution in [0, 0.1) is 0 Å². The fourth-order valence-corrected chi connectivity index (χ4v) is 3.95. The SMILES string of the molecule is CCC(CC)N(CCOC)C(=O)c1cc(Br)c(Br)s1. The van der Waals surface area contributed by atoms with E-state index in [0.717, 1.165) is 26.0 Å². The molecule has 1 amide bonds. The predicted octanol–water partition coefficient (Wildman–Crippen LogP) is 4.55. The molecule has 0 N–H and O–H groups in total. The quantitative estimate of drug-likeness (QED) is 0.657. The maximum atomic E-state index is 12.6. The first-order valence-electron chi connectivity index (χ1n) is 6.29. The van der Waals surface area contributed by atoms with Crippen LogP contribution in [0.3, 0.4) is 0 Å². The Morgan fingerprint density at radius 1 is 1.42 bits per heavy atom. The Morgan fingerprint density at radius 2 is 2.05 bits per heavy atom. The molecule has 0 aliphatic carbocycles. The molecule has 0 spiro atoms. The molecule has 0 atom stereocenters. The van der Waals surface area contributed by atoms with Crippen molar-refractivity contribution in [3.05, 3.63) is 19.2 Å². The lowest BCUT2D eigenvalue weighted by Gasteiger charge is -2.30. The Kier molecular flexibility index (Phi) is 7.57. The molecule has 0 aliphatic heterocycles. The first-order chi connectivity index (χ1) is 9.04.